The van der Waals surface area contributed by atoms with E-state index in [9.17, 15) is 4.79 Å². The molecular weight excluding hydrogens is 370 g/mol. The van der Waals surface area contributed by atoms with Crippen LogP contribution in [0.25, 0.3) is 10.8 Å². The van der Waals surface area contributed by atoms with Gasteiger partial charge in [0.1, 0.15) is 0 Å². The minimum absolute atomic E-state index is 0.149. The van der Waals surface area contributed by atoms with E-state index >= 15 is 0 Å². The summed E-state index contributed by atoms with van der Waals surface area (Å²) in [4.78, 5) is 11.3. The zero-order valence-electron chi connectivity index (χ0n) is 17.9. The highest BCUT2D eigenvalue weighted by molar-refractivity contribution is 5.86. The number of benzene rings is 3. The second-order valence-corrected chi connectivity index (χ2v) is 8.48. The molecule has 3 atom stereocenters. The SMILES string of the molecule is COC(=O)CCc1ccc(C2CC[C@H](NC(C)c3cccc4ccccc34)C2)cc1. The molecule has 1 saturated carbocycles. The second-order valence-electron chi connectivity index (χ2n) is 8.48. The van der Waals surface area contributed by atoms with E-state index in [0.29, 0.717) is 24.4 Å². The smallest absolute Gasteiger partial charge is 0.305 e. The zero-order chi connectivity index (χ0) is 20.9. The van der Waals surface area contributed by atoms with Crippen LogP contribution in [0.2, 0.25) is 0 Å². The molecule has 0 radical (unpaired) electrons. The summed E-state index contributed by atoms with van der Waals surface area (Å²) in [6.45, 7) is 2.28. The van der Waals surface area contributed by atoms with Crippen molar-refractivity contribution in [2.75, 3.05) is 7.11 Å². The molecule has 3 aromatic rings. The average molecular weight is 402 g/mol. The minimum Gasteiger partial charge on any atom is -0.469 e. The first-order valence-corrected chi connectivity index (χ1v) is 11.0. The molecule has 0 bridgehead atoms. The summed E-state index contributed by atoms with van der Waals surface area (Å²) in [6, 6.07) is 24.9. The van der Waals surface area contributed by atoms with E-state index in [1.165, 1.54) is 53.8 Å². The van der Waals surface area contributed by atoms with Crippen molar-refractivity contribution in [3.05, 3.63) is 83.4 Å². The van der Waals surface area contributed by atoms with Crippen molar-refractivity contribution in [3.8, 4) is 0 Å². The Balaban J connectivity index is 1.35. The number of esters is 1. The van der Waals surface area contributed by atoms with Gasteiger partial charge < -0.3 is 10.1 Å². The Morgan fingerprint density at radius 2 is 1.80 bits per heavy atom. The third-order valence-corrected chi connectivity index (χ3v) is 6.50. The van der Waals surface area contributed by atoms with Gasteiger partial charge in [-0.1, -0.05) is 66.7 Å². The lowest BCUT2D eigenvalue weighted by molar-refractivity contribution is -0.140. The van der Waals surface area contributed by atoms with Gasteiger partial charge in [0.25, 0.3) is 0 Å². The number of methoxy groups -OCH3 is 1. The molecule has 2 unspecified atom stereocenters. The first-order chi connectivity index (χ1) is 14.6. The number of hydrogen-bond acceptors (Lipinski definition) is 3. The van der Waals surface area contributed by atoms with Crippen LogP contribution in [0.5, 0.6) is 0 Å². The molecule has 30 heavy (non-hydrogen) atoms. The van der Waals surface area contributed by atoms with Gasteiger partial charge in [-0.25, -0.2) is 0 Å². The van der Waals surface area contributed by atoms with Crippen LogP contribution < -0.4 is 5.32 Å². The summed E-state index contributed by atoms with van der Waals surface area (Å²) in [5.41, 5.74) is 3.99. The van der Waals surface area contributed by atoms with Crippen LogP contribution in [0, 0.1) is 0 Å². The van der Waals surface area contributed by atoms with E-state index in [4.69, 9.17) is 4.74 Å². The molecule has 1 fully saturated rings. The fourth-order valence-corrected chi connectivity index (χ4v) is 4.81. The summed E-state index contributed by atoms with van der Waals surface area (Å²) in [6.07, 6.45) is 4.80. The van der Waals surface area contributed by atoms with Gasteiger partial charge >= 0.3 is 5.97 Å². The third-order valence-electron chi connectivity index (χ3n) is 6.50. The fourth-order valence-electron chi connectivity index (χ4n) is 4.81. The Kier molecular flexibility index (Phi) is 6.49. The molecule has 0 saturated heterocycles. The third kappa shape index (κ3) is 4.73. The molecule has 1 N–H and O–H groups in total. The molecule has 3 aromatic carbocycles. The fraction of sp³-hybridized carbons (Fsp3) is 0.370. The largest absolute Gasteiger partial charge is 0.469 e. The molecule has 156 valence electrons. The quantitative estimate of drug-likeness (QED) is 0.499. The number of ether oxygens (including phenoxy) is 1. The van der Waals surface area contributed by atoms with Crippen molar-refractivity contribution in [2.45, 2.75) is 57.0 Å². The summed E-state index contributed by atoms with van der Waals surface area (Å²) >= 11 is 0. The average Bonchev–Trinajstić information content (AvgIpc) is 3.25. The summed E-state index contributed by atoms with van der Waals surface area (Å²) in [5.74, 6) is 0.459. The first kappa shape index (κ1) is 20.6. The van der Waals surface area contributed by atoms with Gasteiger partial charge in [0.2, 0.25) is 0 Å². The second kappa shape index (κ2) is 9.44. The van der Waals surface area contributed by atoms with E-state index in [-0.39, 0.29) is 5.97 Å². The van der Waals surface area contributed by atoms with Crippen LogP contribution in [0.15, 0.2) is 66.7 Å². The van der Waals surface area contributed by atoms with Crippen molar-refractivity contribution in [2.24, 2.45) is 0 Å². The van der Waals surface area contributed by atoms with Crippen LogP contribution in [0.1, 0.15) is 61.3 Å². The Bertz CT molecular complexity index is 990. The number of carbonyl (C=O) groups excluding carboxylic acids is 1. The summed E-state index contributed by atoms with van der Waals surface area (Å²) < 4.78 is 4.73. The van der Waals surface area contributed by atoms with Crippen molar-refractivity contribution in [1.82, 2.24) is 5.32 Å². The zero-order valence-corrected chi connectivity index (χ0v) is 17.9. The van der Waals surface area contributed by atoms with Crippen LogP contribution >= 0.6 is 0 Å². The molecular formula is C27H31NO2. The molecule has 0 aliphatic heterocycles. The minimum atomic E-state index is -0.149. The lowest BCUT2D eigenvalue weighted by Gasteiger charge is -2.21. The van der Waals surface area contributed by atoms with Gasteiger partial charge in [-0.3, -0.25) is 4.79 Å². The number of nitrogens with one attached hydrogen (secondary N) is 1. The molecule has 3 heteroatoms. The van der Waals surface area contributed by atoms with Crippen molar-refractivity contribution in [3.63, 3.8) is 0 Å². The predicted octanol–water partition coefficient (Wildman–Crippen LogP) is 5.93. The Labute approximate surface area is 179 Å². The van der Waals surface area contributed by atoms with E-state index in [1.807, 2.05) is 0 Å². The molecule has 1 aliphatic rings. The van der Waals surface area contributed by atoms with E-state index < -0.39 is 0 Å². The Morgan fingerprint density at radius 1 is 1.03 bits per heavy atom. The molecule has 1 aliphatic carbocycles. The highest BCUT2D eigenvalue weighted by atomic mass is 16.5. The number of fused-ring (bicyclic) bond motifs is 1. The maximum atomic E-state index is 11.3. The maximum Gasteiger partial charge on any atom is 0.305 e. The molecule has 4 rings (SSSR count). The summed E-state index contributed by atoms with van der Waals surface area (Å²) in [7, 11) is 1.44. The summed E-state index contributed by atoms with van der Waals surface area (Å²) in [5, 5.41) is 6.54. The van der Waals surface area contributed by atoms with Crippen molar-refractivity contribution in [1.29, 1.82) is 0 Å². The molecule has 0 heterocycles. The molecule has 3 nitrogen and oxygen atoms in total. The lowest BCUT2D eigenvalue weighted by Crippen LogP contribution is -2.29. The monoisotopic (exact) mass is 401 g/mol. The normalized spacial score (nSPS) is 19.7. The number of rotatable bonds is 7. The van der Waals surface area contributed by atoms with Gasteiger partial charge in [-0.2, -0.15) is 0 Å². The van der Waals surface area contributed by atoms with E-state index in [0.717, 1.165) is 6.42 Å². The number of hydrogen-bond donors (Lipinski definition) is 1. The van der Waals surface area contributed by atoms with Gasteiger partial charge in [0.05, 0.1) is 7.11 Å². The van der Waals surface area contributed by atoms with Crippen LogP contribution in [0.3, 0.4) is 0 Å². The van der Waals surface area contributed by atoms with Crippen molar-refractivity contribution >= 4 is 16.7 Å². The van der Waals surface area contributed by atoms with E-state index in [1.54, 1.807) is 0 Å². The van der Waals surface area contributed by atoms with Gasteiger partial charge in [-0.05, 0) is 66.0 Å². The first-order valence-electron chi connectivity index (χ1n) is 11.0. The van der Waals surface area contributed by atoms with Crippen molar-refractivity contribution < 1.29 is 9.53 Å². The maximum absolute atomic E-state index is 11.3. The van der Waals surface area contributed by atoms with Crippen LogP contribution in [-0.4, -0.2) is 19.1 Å². The number of carbonyl (C=O) groups is 1. The van der Waals surface area contributed by atoms with Gasteiger partial charge in [-0.15, -0.1) is 0 Å². The standard InChI is InChI=1S/C27H31NO2/c1-19(25-9-5-7-22-6-3-4-8-26(22)25)28-24-16-15-23(18-24)21-13-10-20(11-14-21)12-17-27(29)30-2/h3-11,13-14,19,23-24,28H,12,15-18H2,1-2H3/t19?,23?,24-/m0/s1. The Hall–Kier alpha value is -2.65. The highest BCUT2D eigenvalue weighted by Crippen LogP contribution is 2.36. The van der Waals surface area contributed by atoms with Gasteiger partial charge in [0, 0.05) is 18.5 Å². The molecule has 0 spiro atoms. The molecule has 0 aromatic heterocycles. The predicted molar refractivity (Wildman–Crippen MR) is 123 cm³/mol. The Morgan fingerprint density at radius 3 is 2.60 bits per heavy atom. The molecule has 0 amide bonds. The lowest BCUT2D eigenvalue weighted by atomic mass is 9.95. The van der Waals surface area contributed by atoms with Crippen LogP contribution in [-0.2, 0) is 16.0 Å². The van der Waals surface area contributed by atoms with E-state index in [2.05, 4.69) is 79.0 Å². The highest BCUT2D eigenvalue weighted by Gasteiger charge is 2.27. The topological polar surface area (TPSA) is 38.3 Å². The number of aryl methyl sites for hydroxylation is 1. The van der Waals surface area contributed by atoms with Gasteiger partial charge in [0.15, 0.2) is 0 Å². The van der Waals surface area contributed by atoms with Crippen LogP contribution in [0.4, 0.5) is 0 Å².